The Morgan fingerprint density at radius 3 is 2.35 bits per heavy atom. The SMILES string of the molecule is CCN(CC)C(=O)c1ccc(Cl)c(NC(=O)NCC(F)(F)F)c1. The van der Waals surface area contributed by atoms with E-state index in [1.54, 1.807) is 10.2 Å². The first kappa shape index (κ1) is 19.1. The second-order valence-electron chi connectivity index (χ2n) is 4.59. The Labute approximate surface area is 136 Å². The molecule has 0 heterocycles. The van der Waals surface area contributed by atoms with Crippen molar-refractivity contribution in [3.8, 4) is 0 Å². The monoisotopic (exact) mass is 351 g/mol. The minimum atomic E-state index is -4.51. The third-order valence-corrected chi connectivity index (χ3v) is 3.29. The zero-order valence-electron chi connectivity index (χ0n) is 12.6. The third kappa shape index (κ3) is 5.97. The van der Waals surface area contributed by atoms with E-state index in [0.717, 1.165) is 0 Å². The lowest BCUT2D eigenvalue weighted by molar-refractivity contribution is -0.122. The maximum absolute atomic E-state index is 12.2. The van der Waals surface area contributed by atoms with Gasteiger partial charge >= 0.3 is 12.2 Å². The average molecular weight is 352 g/mol. The van der Waals surface area contributed by atoms with Crippen molar-refractivity contribution in [2.75, 3.05) is 25.0 Å². The maximum Gasteiger partial charge on any atom is 0.405 e. The standard InChI is InChI=1S/C14H17ClF3N3O2/c1-3-21(4-2)12(22)9-5-6-10(15)11(7-9)20-13(23)19-8-14(16,17)18/h5-7H,3-4,8H2,1-2H3,(H2,19,20,23). The molecule has 0 radical (unpaired) electrons. The van der Waals surface area contributed by atoms with Gasteiger partial charge in [0.15, 0.2) is 0 Å². The Hall–Kier alpha value is -1.96. The summed E-state index contributed by atoms with van der Waals surface area (Å²) in [6, 6.07) is 3.16. The summed E-state index contributed by atoms with van der Waals surface area (Å²) >= 11 is 5.89. The van der Waals surface area contributed by atoms with Crippen molar-refractivity contribution < 1.29 is 22.8 Å². The van der Waals surface area contributed by atoms with E-state index in [2.05, 4.69) is 5.32 Å². The fourth-order valence-electron chi connectivity index (χ4n) is 1.79. The molecule has 0 saturated heterocycles. The number of urea groups is 1. The number of carbonyl (C=O) groups excluding carboxylic acids is 2. The summed E-state index contributed by atoms with van der Waals surface area (Å²) in [6.07, 6.45) is -4.51. The van der Waals surface area contributed by atoms with Gasteiger partial charge in [0.2, 0.25) is 0 Å². The predicted molar refractivity (Wildman–Crippen MR) is 81.8 cm³/mol. The van der Waals surface area contributed by atoms with Crippen molar-refractivity contribution in [3.63, 3.8) is 0 Å². The first-order chi connectivity index (χ1) is 10.7. The molecule has 0 unspecified atom stereocenters. The lowest BCUT2D eigenvalue weighted by Crippen LogP contribution is -2.36. The number of benzene rings is 1. The smallest absolute Gasteiger partial charge is 0.339 e. The van der Waals surface area contributed by atoms with Crippen LogP contribution in [-0.4, -0.2) is 42.6 Å². The van der Waals surface area contributed by atoms with Gasteiger partial charge in [0, 0.05) is 18.7 Å². The van der Waals surface area contributed by atoms with E-state index in [-0.39, 0.29) is 22.2 Å². The molecule has 0 aliphatic heterocycles. The van der Waals surface area contributed by atoms with Crippen LogP contribution in [0, 0.1) is 0 Å². The van der Waals surface area contributed by atoms with Gasteiger partial charge < -0.3 is 15.5 Å². The topological polar surface area (TPSA) is 61.4 Å². The molecule has 5 nitrogen and oxygen atoms in total. The number of amides is 3. The van der Waals surface area contributed by atoms with Crippen LogP contribution in [0.5, 0.6) is 0 Å². The van der Waals surface area contributed by atoms with Gasteiger partial charge in [-0.25, -0.2) is 4.79 Å². The van der Waals surface area contributed by atoms with Crippen LogP contribution in [0.3, 0.4) is 0 Å². The van der Waals surface area contributed by atoms with Gasteiger partial charge in [-0.05, 0) is 32.0 Å². The molecule has 1 aromatic rings. The summed E-state index contributed by atoms with van der Waals surface area (Å²) < 4.78 is 36.2. The van der Waals surface area contributed by atoms with Gasteiger partial charge in [0.05, 0.1) is 10.7 Å². The van der Waals surface area contributed by atoms with E-state index in [0.29, 0.717) is 13.1 Å². The number of rotatable bonds is 5. The van der Waals surface area contributed by atoms with Crippen LogP contribution in [0.2, 0.25) is 5.02 Å². The Morgan fingerprint density at radius 2 is 1.83 bits per heavy atom. The highest BCUT2D eigenvalue weighted by atomic mass is 35.5. The second-order valence-corrected chi connectivity index (χ2v) is 5.00. The molecule has 0 aliphatic rings. The molecule has 2 N–H and O–H groups in total. The summed E-state index contributed by atoms with van der Waals surface area (Å²) in [5, 5.41) is 3.98. The van der Waals surface area contributed by atoms with E-state index < -0.39 is 18.8 Å². The largest absolute Gasteiger partial charge is 0.405 e. The van der Waals surface area contributed by atoms with Gasteiger partial charge in [0.1, 0.15) is 6.54 Å². The molecule has 0 aliphatic carbocycles. The third-order valence-electron chi connectivity index (χ3n) is 2.96. The highest BCUT2D eigenvalue weighted by Crippen LogP contribution is 2.24. The summed E-state index contributed by atoms with van der Waals surface area (Å²) in [4.78, 5) is 25.2. The number of nitrogens with one attached hydrogen (secondary N) is 2. The van der Waals surface area contributed by atoms with E-state index >= 15 is 0 Å². The highest BCUT2D eigenvalue weighted by molar-refractivity contribution is 6.33. The van der Waals surface area contributed by atoms with Crippen molar-refractivity contribution >= 4 is 29.2 Å². The molecule has 0 spiro atoms. The second kappa shape index (κ2) is 8.05. The van der Waals surface area contributed by atoms with Crippen LogP contribution in [0.15, 0.2) is 18.2 Å². The Bertz CT molecular complexity index is 575. The Balaban J connectivity index is 2.85. The van der Waals surface area contributed by atoms with Crippen molar-refractivity contribution in [1.29, 1.82) is 0 Å². The van der Waals surface area contributed by atoms with Crippen molar-refractivity contribution in [3.05, 3.63) is 28.8 Å². The summed E-state index contributed by atoms with van der Waals surface area (Å²) in [6.45, 7) is 3.19. The molecule has 0 aromatic heterocycles. The van der Waals surface area contributed by atoms with Gasteiger partial charge in [0.25, 0.3) is 5.91 Å². The fourth-order valence-corrected chi connectivity index (χ4v) is 1.96. The normalized spacial score (nSPS) is 11.0. The quantitative estimate of drug-likeness (QED) is 0.852. The summed E-state index contributed by atoms with van der Waals surface area (Å²) in [5.74, 6) is -0.259. The molecule has 3 amide bonds. The first-order valence-corrected chi connectivity index (χ1v) is 7.26. The number of hydrogen-bond donors (Lipinski definition) is 2. The first-order valence-electron chi connectivity index (χ1n) is 6.88. The zero-order chi connectivity index (χ0) is 17.6. The molecular formula is C14H17ClF3N3O2. The number of carbonyl (C=O) groups is 2. The van der Waals surface area contributed by atoms with Crippen LogP contribution in [0.4, 0.5) is 23.7 Å². The number of nitrogens with zero attached hydrogens (tertiary/aromatic N) is 1. The minimum Gasteiger partial charge on any atom is -0.339 e. The van der Waals surface area contributed by atoms with Crippen molar-refractivity contribution in [2.45, 2.75) is 20.0 Å². The molecular weight excluding hydrogens is 335 g/mol. The number of alkyl halides is 3. The van der Waals surface area contributed by atoms with Gasteiger partial charge in [-0.2, -0.15) is 13.2 Å². The molecule has 128 valence electrons. The molecule has 0 atom stereocenters. The van der Waals surface area contributed by atoms with Crippen LogP contribution in [-0.2, 0) is 0 Å². The van der Waals surface area contributed by atoms with E-state index in [1.165, 1.54) is 18.2 Å². The molecule has 9 heteroatoms. The van der Waals surface area contributed by atoms with Crippen LogP contribution in [0.1, 0.15) is 24.2 Å². The van der Waals surface area contributed by atoms with E-state index in [1.807, 2.05) is 13.8 Å². The lowest BCUT2D eigenvalue weighted by Gasteiger charge is -2.19. The lowest BCUT2D eigenvalue weighted by atomic mass is 10.1. The van der Waals surface area contributed by atoms with Crippen LogP contribution >= 0.6 is 11.6 Å². The highest BCUT2D eigenvalue weighted by Gasteiger charge is 2.27. The number of hydrogen-bond acceptors (Lipinski definition) is 2. The minimum absolute atomic E-state index is 0.0596. The molecule has 1 aromatic carbocycles. The van der Waals surface area contributed by atoms with Crippen LogP contribution in [0.25, 0.3) is 0 Å². The van der Waals surface area contributed by atoms with E-state index in [4.69, 9.17) is 11.6 Å². The fraction of sp³-hybridized carbons (Fsp3) is 0.429. The van der Waals surface area contributed by atoms with Gasteiger partial charge in [-0.1, -0.05) is 11.6 Å². The average Bonchev–Trinajstić information content (AvgIpc) is 2.48. The number of anilines is 1. The number of halogens is 4. The molecule has 23 heavy (non-hydrogen) atoms. The maximum atomic E-state index is 12.2. The van der Waals surface area contributed by atoms with Gasteiger partial charge in [-0.15, -0.1) is 0 Å². The van der Waals surface area contributed by atoms with Crippen molar-refractivity contribution in [1.82, 2.24) is 10.2 Å². The predicted octanol–water partition coefficient (Wildman–Crippen LogP) is 3.51. The Morgan fingerprint density at radius 1 is 1.22 bits per heavy atom. The zero-order valence-corrected chi connectivity index (χ0v) is 13.4. The molecule has 1 rings (SSSR count). The van der Waals surface area contributed by atoms with E-state index in [9.17, 15) is 22.8 Å². The molecule has 0 fully saturated rings. The summed E-state index contributed by atoms with van der Waals surface area (Å²) in [7, 11) is 0. The molecule has 0 bridgehead atoms. The molecule has 0 saturated carbocycles. The van der Waals surface area contributed by atoms with Crippen molar-refractivity contribution in [2.24, 2.45) is 0 Å². The van der Waals surface area contributed by atoms with Gasteiger partial charge in [-0.3, -0.25) is 4.79 Å². The summed E-state index contributed by atoms with van der Waals surface area (Å²) in [5.41, 5.74) is 0.341. The Kier molecular flexibility index (Phi) is 6.68. The van der Waals surface area contributed by atoms with Crippen LogP contribution < -0.4 is 10.6 Å².